The third-order valence-corrected chi connectivity index (χ3v) is 3.85. The van der Waals surface area contributed by atoms with Crippen molar-refractivity contribution in [1.82, 2.24) is 9.97 Å². The number of ether oxygens (including phenoxy) is 1. The molecule has 0 saturated heterocycles. The molecule has 3 N–H and O–H groups in total. The summed E-state index contributed by atoms with van der Waals surface area (Å²) in [5.74, 6) is 0.123. The maximum atomic E-state index is 12.4. The Labute approximate surface area is 137 Å². The fraction of sp³-hybridized carbons (Fsp3) is 0.118. The number of hydrogen-bond acceptors (Lipinski definition) is 4. The van der Waals surface area contributed by atoms with E-state index in [1.165, 1.54) is 0 Å². The molecule has 1 atom stereocenters. The number of H-pyrrole nitrogens is 1. The summed E-state index contributed by atoms with van der Waals surface area (Å²) in [5, 5.41) is 5.57. The van der Waals surface area contributed by atoms with Crippen LogP contribution in [0.2, 0.25) is 0 Å². The number of carbonyl (C=O) groups excluding carboxylic acids is 2. The molecule has 4 rings (SSSR count). The second-order valence-corrected chi connectivity index (χ2v) is 5.55. The summed E-state index contributed by atoms with van der Waals surface area (Å²) in [4.78, 5) is 31.2. The summed E-state index contributed by atoms with van der Waals surface area (Å²) in [6.07, 6.45) is 1.05. The van der Waals surface area contributed by atoms with Crippen LogP contribution in [0.25, 0.3) is 11.0 Å². The van der Waals surface area contributed by atoms with Gasteiger partial charge in [-0.25, -0.2) is 4.98 Å². The van der Waals surface area contributed by atoms with Crippen LogP contribution in [-0.2, 0) is 4.79 Å². The van der Waals surface area contributed by atoms with Crippen LogP contribution in [0.1, 0.15) is 17.3 Å². The van der Waals surface area contributed by atoms with E-state index in [1.807, 2.05) is 0 Å². The molecule has 0 fully saturated rings. The summed E-state index contributed by atoms with van der Waals surface area (Å²) in [6.45, 7) is 1.68. The van der Waals surface area contributed by atoms with Crippen LogP contribution in [0.4, 0.5) is 11.4 Å². The van der Waals surface area contributed by atoms with Crippen molar-refractivity contribution in [2.24, 2.45) is 0 Å². The maximum Gasteiger partial charge on any atom is 0.265 e. The number of anilines is 2. The Morgan fingerprint density at radius 1 is 1.25 bits per heavy atom. The van der Waals surface area contributed by atoms with Gasteiger partial charge in [-0.3, -0.25) is 9.59 Å². The van der Waals surface area contributed by atoms with E-state index in [-0.39, 0.29) is 11.8 Å². The number of carbonyl (C=O) groups is 2. The first-order chi connectivity index (χ1) is 11.6. The molecule has 3 aromatic rings. The SMILES string of the molecule is CC1Oc2ccc(NC(=O)c3ccc4nc[nH]c4c3)cc2NC1=O. The number of benzene rings is 2. The number of fused-ring (bicyclic) bond motifs is 2. The molecule has 120 valence electrons. The lowest BCUT2D eigenvalue weighted by Crippen LogP contribution is -2.34. The van der Waals surface area contributed by atoms with Gasteiger partial charge in [0.25, 0.3) is 11.8 Å². The van der Waals surface area contributed by atoms with Crippen molar-refractivity contribution in [2.75, 3.05) is 10.6 Å². The van der Waals surface area contributed by atoms with Crippen molar-refractivity contribution in [1.29, 1.82) is 0 Å². The zero-order chi connectivity index (χ0) is 16.7. The zero-order valence-corrected chi connectivity index (χ0v) is 12.8. The van der Waals surface area contributed by atoms with Crippen LogP contribution in [0.15, 0.2) is 42.7 Å². The lowest BCUT2D eigenvalue weighted by Gasteiger charge is -2.23. The first-order valence-electron chi connectivity index (χ1n) is 7.46. The minimum absolute atomic E-state index is 0.212. The predicted octanol–water partition coefficient (Wildman–Crippen LogP) is 2.53. The summed E-state index contributed by atoms with van der Waals surface area (Å²) >= 11 is 0. The first-order valence-corrected chi connectivity index (χ1v) is 7.46. The highest BCUT2D eigenvalue weighted by Gasteiger charge is 2.23. The van der Waals surface area contributed by atoms with Crippen LogP contribution in [0.5, 0.6) is 5.75 Å². The molecule has 24 heavy (non-hydrogen) atoms. The van der Waals surface area contributed by atoms with Crippen molar-refractivity contribution in [3.05, 3.63) is 48.3 Å². The Balaban J connectivity index is 1.57. The van der Waals surface area contributed by atoms with Gasteiger partial charge in [-0.2, -0.15) is 0 Å². The van der Waals surface area contributed by atoms with Crippen LogP contribution in [0, 0.1) is 0 Å². The van der Waals surface area contributed by atoms with Gasteiger partial charge in [-0.15, -0.1) is 0 Å². The van der Waals surface area contributed by atoms with Gasteiger partial charge >= 0.3 is 0 Å². The van der Waals surface area contributed by atoms with Gasteiger partial charge < -0.3 is 20.4 Å². The summed E-state index contributed by atoms with van der Waals surface area (Å²) in [7, 11) is 0. The molecule has 0 spiro atoms. The molecule has 7 nitrogen and oxygen atoms in total. The zero-order valence-electron chi connectivity index (χ0n) is 12.8. The number of aromatic nitrogens is 2. The highest BCUT2D eigenvalue weighted by molar-refractivity contribution is 6.06. The lowest BCUT2D eigenvalue weighted by molar-refractivity contribution is -0.122. The van der Waals surface area contributed by atoms with Gasteiger partial charge in [0.15, 0.2) is 6.10 Å². The molecular weight excluding hydrogens is 308 g/mol. The monoisotopic (exact) mass is 322 g/mol. The average Bonchev–Trinajstić information content (AvgIpc) is 3.03. The quantitative estimate of drug-likeness (QED) is 0.675. The highest BCUT2D eigenvalue weighted by atomic mass is 16.5. The van der Waals surface area contributed by atoms with Gasteiger partial charge in [-0.05, 0) is 43.3 Å². The Morgan fingerprint density at radius 2 is 2.12 bits per heavy atom. The fourth-order valence-electron chi connectivity index (χ4n) is 2.57. The number of aromatic amines is 1. The van der Waals surface area contributed by atoms with Gasteiger partial charge in [0, 0.05) is 11.3 Å². The molecule has 2 aromatic carbocycles. The molecule has 0 saturated carbocycles. The second-order valence-electron chi connectivity index (χ2n) is 5.55. The van der Waals surface area contributed by atoms with Gasteiger partial charge in [-0.1, -0.05) is 0 Å². The Hall–Kier alpha value is -3.35. The van der Waals surface area contributed by atoms with E-state index in [4.69, 9.17) is 4.74 Å². The number of imidazole rings is 1. The molecule has 1 aliphatic rings. The Bertz CT molecular complexity index is 963. The van der Waals surface area contributed by atoms with Crippen molar-refractivity contribution >= 4 is 34.2 Å². The van der Waals surface area contributed by atoms with Crippen LogP contribution in [0.3, 0.4) is 0 Å². The summed E-state index contributed by atoms with van der Waals surface area (Å²) < 4.78 is 5.49. The molecule has 0 radical (unpaired) electrons. The maximum absolute atomic E-state index is 12.4. The molecule has 1 aliphatic heterocycles. The Morgan fingerprint density at radius 3 is 3.00 bits per heavy atom. The molecule has 0 bridgehead atoms. The van der Waals surface area contributed by atoms with E-state index < -0.39 is 6.10 Å². The highest BCUT2D eigenvalue weighted by Crippen LogP contribution is 2.32. The topological polar surface area (TPSA) is 96.1 Å². The van der Waals surface area contributed by atoms with E-state index in [2.05, 4.69) is 20.6 Å². The first kappa shape index (κ1) is 14.3. The van der Waals surface area contributed by atoms with Crippen molar-refractivity contribution in [3.63, 3.8) is 0 Å². The van der Waals surface area contributed by atoms with E-state index in [1.54, 1.807) is 49.6 Å². The summed E-state index contributed by atoms with van der Waals surface area (Å²) in [5.41, 5.74) is 3.22. The number of rotatable bonds is 2. The largest absolute Gasteiger partial charge is 0.479 e. The number of amides is 2. The van der Waals surface area contributed by atoms with Crippen molar-refractivity contribution in [2.45, 2.75) is 13.0 Å². The number of nitrogens with one attached hydrogen (secondary N) is 3. The third-order valence-electron chi connectivity index (χ3n) is 3.85. The molecule has 0 aliphatic carbocycles. The van der Waals surface area contributed by atoms with E-state index >= 15 is 0 Å². The molecule has 7 heteroatoms. The number of hydrogen-bond donors (Lipinski definition) is 3. The standard InChI is InChI=1S/C17H14N4O3/c1-9-16(22)21-14-7-11(3-5-15(14)24-9)20-17(23)10-2-4-12-13(6-10)19-8-18-12/h2-9H,1H3,(H,18,19)(H,20,23)(H,21,22). The number of nitrogens with zero attached hydrogens (tertiary/aromatic N) is 1. The molecule has 2 amide bonds. The second kappa shape index (κ2) is 5.38. The van der Waals surface area contributed by atoms with Gasteiger partial charge in [0.2, 0.25) is 0 Å². The van der Waals surface area contributed by atoms with E-state index in [0.717, 1.165) is 11.0 Å². The minimum atomic E-state index is -0.529. The van der Waals surface area contributed by atoms with Crippen LogP contribution in [-0.4, -0.2) is 27.9 Å². The molecule has 1 aromatic heterocycles. The fourth-order valence-corrected chi connectivity index (χ4v) is 2.57. The summed E-state index contributed by atoms with van der Waals surface area (Å²) in [6, 6.07) is 10.4. The normalized spacial score (nSPS) is 16.2. The van der Waals surface area contributed by atoms with Crippen LogP contribution < -0.4 is 15.4 Å². The van der Waals surface area contributed by atoms with Gasteiger partial charge in [0.05, 0.1) is 23.0 Å². The Kier molecular flexibility index (Phi) is 3.19. The van der Waals surface area contributed by atoms with Crippen molar-refractivity contribution in [3.8, 4) is 5.75 Å². The van der Waals surface area contributed by atoms with E-state index in [9.17, 15) is 9.59 Å². The average molecular weight is 322 g/mol. The van der Waals surface area contributed by atoms with Crippen LogP contribution >= 0.6 is 0 Å². The lowest BCUT2D eigenvalue weighted by atomic mass is 10.1. The molecule has 1 unspecified atom stereocenters. The van der Waals surface area contributed by atoms with Crippen molar-refractivity contribution < 1.29 is 14.3 Å². The smallest absolute Gasteiger partial charge is 0.265 e. The van der Waals surface area contributed by atoms with E-state index in [0.29, 0.717) is 22.7 Å². The predicted molar refractivity (Wildman–Crippen MR) is 89.2 cm³/mol. The minimum Gasteiger partial charge on any atom is -0.479 e. The third kappa shape index (κ3) is 2.45. The molecule has 2 heterocycles. The van der Waals surface area contributed by atoms with Gasteiger partial charge in [0.1, 0.15) is 5.75 Å². The molecular formula is C17H14N4O3.